The van der Waals surface area contributed by atoms with E-state index in [-0.39, 0.29) is 5.78 Å². The zero-order valence-electron chi connectivity index (χ0n) is 13.5. The van der Waals surface area contributed by atoms with Crippen molar-refractivity contribution in [1.29, 1.82) is 0 Å². The SMILES string of the molecule is CCc1c(-c2csc(C3CCCNC3)n2)[nH]c(C)c1C(C)=O. The fourth-order valence-electron chi connectivity index (χ4n) is 3.38. The minimum absolute atomic E-state index is 0.129. The van der Waals surface area contributed by atoms with Crippen LogP contribution in [-0.2, 0) is 6.42 Å². The molecule has 0 bridgehead atoms. The predicted octanol–water partition coefficient (Wildman–Crippen LogP) is 3.68. The molecule has 2 N–H and O–H groups in total. The number of carbonyl (C=O) groups excluding carboxylic acids is 1. The maximum atomic E-state index is 11.9. The molecule has 3 heterocycles. The van der Waals surface area contributed by atoms with Crippen LogP contribution in [0.5, 0.6) is 0 Å². The summed E-state index contributed by atoms with van der Waals surface area (Å²) >= 11 is 1.74. The Morgan fingerprint density at radius 2 is 2.32 bits per heavy atom. The monoisotopic (exact) mass is 317 g/mol. The summed E-state index contributed by atoms with van der Waals surface area (Å²) in [5, 5.41) is 6.78. The molecular weight excluding hydrogens is 294 g/mol. The van der Waals surface area contributed by atoms with Gasteiger partial charge in [-0.1, -0.05) is 6.92 Å². The van der Waals surface area contributed by atoms with E-state index in [2.05, 4.69) is 22.6 Å². The quantitative estimate of drug-likeness (QED) is 0.846. The highest BCUT2D eigenvalue weighted by atomic mass is 32.1. The van der Waals surface area contributed by atoms with Gasteiger partial charge in [-0.15, -0.1) is 11.3 Å². The van der Waals surface area contributed by atoms with Gasteiger partial charge in [-0.2, -0.15) is 0 Å². The highest BCUT2D eigenvalue weighted by molar-refractivity contribution is 7.10. The number of nitrogens with one attached hydrogen (secondary N) is 2. The smallest absolute Gasteiger partial charge is 0.161 e. The van der Waals surface area contributed by atoms with E-state index < -0.39 is 0 Å². The third-order valence-corrected chi connectivity index (χ3v) is 5.43. The first-order valence-electron chi connectivity index (χ1n) is 8.00. The Balaban J connectivity index is 1.96. The average Bonchev–Trinajstić information content (AvgIpc) is 3.12. The van der Waals surface area contributed by atoms with Gasteiger partial charge >= 0.3 is 0 Å². The second-order valence-electron chi connectivity index (χ2n) is 6.00. The van der Waals surface area contributed by atoms with Crippen LogP contribution in [0.15, 0.2) is 5.38 Å². The number of hydrogen-bond donors (Lipinski definition) is 2. The molecule has 1 saturated heterocycles. The maximum absolute atomic E-state index is 11.9. The number of nitrogens with zero attached hydrogens (tertiary/aromatic N) is 1. The maximum Gasteiger partial charge on any atom is 0.161 e. The van der Waals surface area contributed by atoms with E-state index in [1.54, 1.807) is 18.3 Å². The lowest BCUT2D eigenvalue weighted by molar-refractivity contribution is 0.101. The summed E-state index contributed by atoms with van der Waals surface area (Å²) in [6.07, 6.45) is 3.27. The van der Waals surface area contributed by atoms with E-state index in [0.717, 1.165) is 47.7 Å². The second-order valence-corrected chi connectivity index (χ2v) is 6.89. The second kappa shape index (κ2) is 6.34. The molecule has 1 atom stereocenters. The molecule has 3 rings (SSSR count). The van der Waals surface area contributed by atoms with Crippen LogP contribution >= 0.6 is 11.3 Å². The van der Waals surface area contributed by atoms with Gasteiger partial charge in [0.05, 0.1) is 16.4 Å². The van der Waals surface area contributed by atoms with Crippen LogP contribution in [0.25, 0.3) is 11.4 Å². The molecule has 1 unspecified atom stereocenters. The molecule has 2 aromatic heterocycles. The van der Waals surface area contributed by atoms with Crippen molar-refractivity contribution in [3.63, 3.8) is 0 Å². The molecule has 1 aliphatic heterocycles. The fourth-order valence-corrected chi connectivity index (χ4v) is 4.33. The van der Waals surface area contributed by atoms with Crippen molar-refractivity contribution in [2.24, 2.45) is 0 Å². The van der Waals surface area contributed by atoms with Crippen molar-refractivity contribution >= 4 is 17.1 Å². The van der Waals surface area contributed by atoms with Gasteiger partial charge in [0.2, 0.25) is 0 Å². The molecule has 0 aromatic carbocycles. The number of rotatable bonds is 4. The summed E-state index contributed by atoms with van der Waals surface area (Å²) in [6, 6.07) is 0. The van der Waals surface area contributed by atoms with Crippen LogP contribution < -0.4 is 5.32 Å². The summed E-state index contributed by atoms with van der Waals surface area (Å²) in [4.78, 5) is 20.1. The fraction of sp³-hybridized carbons (Fsp3) is 0.529. The summed E-state index contributed by atoms with van der Waals surface area (Å²) in [6.45, 7) is 7.84. The van der Waals surface area contributed by atoms with E-state index in [9.17, 15) is 4.79 Å². The van der Waals surface area contributed by atoms with Gasteiger partial charge < -0.3 is 10.3 Å². The molecule has 0 radical (unpaired) electrons. The van der Waals surface area contributed by atoms with Gasteiger partial charge in [-0.05, 0) is 45.2 Å². The summed E-state index contributed by atoms with van der Waals surface area (Å²) in [5.74, 6) is 0.657. The zero-order chi connectivity index (χ0) is 15.7. The molecule has 0 spiro atoms. The van der Waals surface area contributed by atoms with Crippen molar-refractivity contribution in [2.45, 2.75) is 46.0 Å². The number of aromatic nitrogens is 2. The molecule has 118 valence electrons. The van der Waals surface area contributed by atoms with Gasteiger partial charge in [0.1, 0.15) is 0 Å². The first-order chi connectivity index (χ1) is 10.6. The van der Waals surface area contributed by atoms with E-state index in [0.29, 0.717) is 5.92 Å². The van der Waals surface area contributed by atoms with Crippen LogP contribution in [0.3, 0.4) is 0 Å². The number of H-pyrrole nitrogens is 1. The minimum atomic E-state index is 0.129. The molecular formula is C17H23N3OS. The Hall–Kier alpha value is -1.46. The van der Waals surface area contributed by atoms with E-state index in [1.165, 1.54) is 17.8 Å². The number of aromatic amines is 1. The van der Waals surface area contributed by atoms with E-state index in [4.69, 9.17) is 4.98 Å². The van der Waals surface area contributed by atoms with E-state index in [1.807, 2.05) is 6.92 Å². The molecule has 22 heavy (non-hydrogen) atoms. The lowest BCUT2D eigenvalue weighted by Crippen LogP contribution is -2.28. The molecule has 0 saturated carbocycles. The molecule has 1 fully saturated rings. The molecule has 4 nitrogen and oxygen atoms in total. The molecule has 2 aromatic rings. The number of piperidine rings is 1. The number of hydrogen-bond acceptors (Lipinski definition) is 4. The lowest BCUT2D eigenvalue weighted by Gasteiger charge is -2.20. The Labute approximate surface area is 135 Å². The van der Waals surface area contributed by atoms with Crippen LogP contribution in [0, 0.1) is 6.92 Å². The van der Waals surface area contributed by atoms with Crippen LogP contribution in [0.1, 0.15) is 59.2 Å². The largest absolute Gasteiger partial charge is 0.356 e. The minimum Gasteiger partial charge on any atom is -0.356 e. The third kappa shape index (κ3) is 2.75. The van der Waals surface area contributed by atoms with Gasteiger partial charge in [0, 0.05) is 29.1 Å². The Bertz CT molecular complexity index is 680. The molecule has 1 aliphatic rings. The third-order valence-electron chi connectivity index (χ3n) is 4.42. The van der Waals surface area contributed by atoms with Gasteiger partial charge in [0.25, 0.3) is 0 Å². The molecule has 0 aliphatic carbocycles. The predicted molar refractivity (Wildman–Crippen MR) is 90.9 cm³/mol. The van der Waals surface area contributed by atoms with Gasteiger partial charge in [0.15, 0.2) is 5.78 Å². The highest BCUT2D eigenvalue weighted by Crippen LogP contribution is 2.33. The van der Waals surface area contributed by atoms with Gasteiger partial charge in [-0.3, -0.25) is 4.79 Å². The highest BCUT2D eigenvalue weighted by Gasteiger charge is 2.22. The van der Waals surface area contributed by atoms with Gasteiger partial charge in [-0.25, -0.2) is 4.98 Å². The number of thiazole rings is 1. The van der Waals surface area contributed by atoms with Crippen molar-refractivity contribution in [1.82, 2.24) is 15.3 Å². The van der Waals surface area contributed by atoms with Crippen LogP contribution in [-0.4, -0.2) is 28.8 Å². The van der Waals surface area contributed by atoms with Crippen molar-refractivity contribution in [3.05, 3.63) is 27.2 Å². The van der Waals surface area contributed by atoms with Crippen molar-refractivity contribution < 1.29 is 4.79 Å². The molecule has 5 heteroatoms. The van der Waals surface area contributed by atoms with Crippen LogP contribution in [0.4, 0.5) is 0 Å². The number of carbonyl (C=O) groups is 1. The average molecular weight is 317 g/mol. The zero-order valence-corrected chi connectivity index (χ0v) is 14.3. The normalized spacial score (nSPS) is 18.6. The summed E-state index contributed by atoms with van der Waals surface area (Å²) < 4.78 is 0. The van der Waals surface area contributed by atoms with Crippen molar-refractivity contribution in [2.75, 3.05) is 13.1 Å². The Kier molecular flexibility index (Phi) is 4.45. The van der Waals surface area contributed by atoms with Crippen LogP contribution in [0.2, 0.25) is 0 Å². The number of ketones is 1. The summed E-state index contributed by atoms with van der Waals surface area (Å²) in [5.41, 5.74) is 4.90. The number of Topliss-reactive ketones (excluding diaryl/α,β-unsaturated/α-hetero) is 1. The lowest BCUT2D eigenvalue weighted by atomic mass is 10.0. The number of aryl methyl sites for hydroxylation is 1. The standard InChI is InChI=1S/C17H23N3OS/c1-4-13-15(11(3)21)10(2)19-16(13)14-9-22-17(20-14)12-6-5-7-18-8-12/h9,12,18-19H,4-8H2,1-3H3. The topological polar surface area (TPSA) is 57.8 Å². The van der Waals surface area contributed by atoms with E-state index >= 15 is 0 Å². The molecule has 0 amide bonds. The Morgan fingerprint density at radius 1 is 1.50 bits per heavy atom. The van der Waals surface area contributed by atoms with Crippen molar-refractivity contribution in [3.8, 4) is 11.4 Å². The Morgan fingerprint density at radius 3 is 2.95 bits per heavy atom. The first-order valence-corrected chi connectivity index (χ1v) is 8.88. The summed E-state index contributed by atoms with van der Waals surface area (Å²) in [7, 11) is 0. The first kappa shape index (κ1) is 15.4.